The van der Waals surface area contributed by atoms with Crippen LogP contribution in [0.5, 0.6) is 0 Å². The van der Waals surface area contributed by atoms with Gasteiger partial charge in [0.25, 0.3) is 0 Å². The standard InChI is InChI=1S/C4H10O.3C2H6O.H3N/c1-3-4(2)5;3*1-2-3;/h4-5H,3H2,1-2H3;3*3H,2H2,1H3;1H3. The molecular weight excluding hydrogens is 198 g/mol. The molecule has 0 aliphatic carbocycles. The largest absolute Gasteiger partial charge is 0.397 e. The van der Waals surface area contributed by atoms with E-state index in [0.717, 1.165) is 6.42 Å². The van der Waals surface area contributed by atoms with E-state index in [9.17, 15) is 0 Å². The Hall–Kier alpha value is -0.200. The normalized spacial score (nSPS) is 8.60. The number of hydrogen-bond donors (Lipinski definition) is 5. The van der Waals surface area contributed by atoms with E-state index in [1.54, 1.807) is 27.7 Å². The van der Waals surface area contributed by atoms with E-state index in [4.69, 9.17) is 20.4 Å². The van der Waals surface area contributed by atoms with Crippen molar-refractivity contribution in [2.45, 2.75) is 47.1 Å². The molecule has 0 heterocycles. The molecule has 1 unspecified atom stereocenters. The molecule has 0 radical (unpaired) electrons. The van der Waals surface area contributed by atoms with E-state index in [1.165, 1.54) is 0 Å². The molecule has 0 amide bonds. The average Bonchev–Trinajstić information content (AvgIpc) is 2.08. The summed E-state index contributed by atoms with van der Waals surface area (Å²) in [4.78, 5) is 0. The van der Waals surface area contributed by atoms with Crippen molar-refractivity contribution >= 4 is 0 Å². The molecule has 0 aromatic rings. The van der Waals surface area contributed by atoms with Gasteiger partial charge < -0.3 is 26.6 Å². The lowest BCUT2D eigenvalue weighted by Gasteiger charge is -1.90. The Bertz CT molecular complexity index is 49.9. The third-order valence-electron chi connectivity index (χ3n) is 0.591. The molecule has 0 aromatic carbocycles. The first-order valence-corrected chi connectivity index (χ1v) is 5.02. The van der Waals surface area contributed by atoms with E-state index < -0.39 is 0 Å². The van der Waals surface area contributed by atoms with Crippen LogP contribution in [0.25, 0.3) is 0 Å². The minimum atomic E-state index is -0.116. The predicted molar refractivity (Wildman–Crippen MR) is 65.3 cm³/mol. The lowest BCUT2D eigenvalue weighted by molar-refractivity contribution is 0.191. The van der Waals surface area contributed by atoms with Crippen molar-refractivity contribution in [2.24, 2.45) is 0 Å². The Balaban J connectivity index is -0.0000000300. The molecule has 5 heteroatoms. The quantitative estimate of drug-likeness (QED) is 0.459. The first-order valence-electron chi connectivity index (χ1n) is 5.02. The molecule has 0 saturated heterocycles. The highest BCUT2D eigenvalue weighted by Gasteiger charge is 1.81. The predicted octanol–water partition coefficient (Wildman–Crippen LogP) is 0.935. The van der Waals surface area contributed by atoms with Crippen LogP contribution in [0.2, 0.25) is 0 Å². The van der Waals surface area contributed by atoms with Crippen molar-refractivity contribution < 1.29 is 20.4 Å². The summed E-state index contributed by atoms with van der Waals surface area (Å²) in [6.07, 6.45) is 0.745. The van der Waals surface area contributed by atoms with E-state index in [2.05, 4.69) is 0 Å². The lowest BCUT2D eigenvalue weighted by atomic mass is 10.3. The molecule has 0 fully saturated rings. The second-order valence-electron chi connectivity index (χ2n) is 2.21. The van der Waals surface area contributed by atoms with Gasteiger partial charge in [-0.3, -0.25) is 0 Å². The SMILES string of the molecule is CCC(C)O.CCO.CCO.CCO.N. The van der Waals surface area contributed by atoms with Crippen LogP contribution >= 0.6 is 0 Å². The van der Waals surface area contributed by atoms with Crippen molar-refractivity contribution in [1.82, 2.24) is 6.15 Å². The highest BCUT2D eigenvalue weighted by Crippen LogP contribution is 1.81. The molecule has 100 valence electrons. The van der Waals surface area contributed by atoms with Crippen LogP contribution < -0.4 is 6.15 Å². The van der Waals surface area contributed by atoms with Crippen molar-refractivity contribution in [3.63, 3.8) is 0 Å². The summed E-state index contributed by atoms with van der Waals surface area (Å²) in [5, 5.41) is 31.1. The Morgan fingerprint density at radius 1 is 0.800 bits per heavy atom. The van der Waals surface area contributed by atoms with Crippen LogP contribution in [0.4, 0.5) is 0 Å². The van der Waals surface area contributed by atoms with Crippen LogP contribution in [0.3, 0.4) is 0 Å². The van der Waals surface area contributed by atoms with Gasteiger partial charge in [-0.15, -0.1) is 0 Å². The average molecular weight is 229 g/mol. The highest BCUT2D eigenvalue weighted by atomic mass is 16.3. The molecule has 0 rings (SSSR count). The van der Waals surface area contributed by atoms with Gasteiger partial charge in [0.2, 0.25) is 0 Å². The number of rotatable bonds is 1. The second kappa shape index (κ2) is 48.9. The van der Waals surface area contributed by atoms with E-state index in [-0.39, 0.29) is 32.1 Å². The van der Waals surface area contributed by atoms with Crippen molar-refractivity contribution in [3.05, 3.63) is 0 Å². The highest BCUT2D eigenvalue weighted by molar-refractivity contribution is 4.34. The van der Waals surface area contributed by atoms with Gasteiger partial charge in [0.15, 0.2) is 0 Å². The summed E-state index contributed by atoms with van der Waals surface area (Å²) in [7, 11) is 0. The first-order chi connectivity index (χ1) is 6.51. The fourth-order valence-electron chi connectivity index (χ4n) is 0. The summed E-state index contributed by atoms with van der Waals surface area (Å²) in [5.74, 6) is 0. The van der Waals surface area contributed by atoms with Gasteiger partial charge >= 0.3 is 0 Å². The number of hydrogen-bond acceptors (Lipinski definition) is 5. The smallest absolute Gasteiger partial charge is 0.0509 e. The van der Waals surface area contributed by atoms with Crippen LogP contribution in [0, 0.1) is 0 Å². The van der Waals surface area contributed by atoms with E-state index >= 15 is 0 Å². The van der Waals surface area contributed by atoms with Crippen molar-refractivity contribution in [1.29, 1.82) is 0 Å². The maximum absolute atomic E-state index is 8.36. The minimum Gasteiger partial charge on any atom is -0.397 e. The van der Waals surface area contributed by atoms with Gasteiger partial charge in [-0.05, 0) is 34.1 Å². The lowest BCUT2D eigenvalue weighted by Crippen LogP contribution is -1.93. The summed E-state index contributed by atoms with van der Waals surface area (Å²) in [6, 6.07) is 0. The van der Waals surface area contributed by atoms with Gasteiger partial charge in [0, 0.05) is 19.8 Å². The summed E-state index contributed by atoms with van der Waals surface area (Å²) < 4.78 is 0. The van der Waals surface area contributed by atoms with Gasteiger partial charge in [0.1, 0.15) is 0 Å². The monoisotopic (exact) mass is 229 g/mol. The molecule has 0 bridgehead atoms. The maximum atomic E-state index is 8.36. The van der Waals surface area contributed by atoms with E-state index in [0.29, 0.717) is 0 Å². The molecule has 5 nitrogen and oxygen atoms in total. The Kier molecular flexibility index (Phi) is 95.7. The molecular formula is C10H31NO4. The zero-order valence-corrected chi connectivity index (χ0v) is 10.9. The minimum absolute atomic E-state index is 0. The van der Waals surface area contributed by atoms with E-state index in [1.807, 2.05) is 6.92 Å². The first kappa shape index (κ1) is 29.3. The zero-order chi connectivity index (χ0) is 12.4. The fourth-order valence-corrected chi connectivity index (χ4v) is 0. The number of aliphatic hydroxyl groups excluding tert-OH is 4. The van der Waals surface area contributed by atoms with Crippen molar-refractivity contribution in [2.75, 3.05) is 19.8 Å². The van der Waals surface area contributed by atoms with Crippen LogP contribution in [0.1, 0.15) is 41.0 Å². The van der Waals surface area contributed by atoms with Crippen molar-refractivity contribution in [3.8, 4) is 0 Å². The molecule has 1 atom stereocenters. The molecule has 0 aliphatic heterocycles. The van der Waals surface area contributed by atoms with Crippen LogP contribution in [0.15, 0.2) is 0 Å². The topological polar surface area (TPSA) is 116 Å². The number of aliphatic hydroxyl groups is 4. The van der Waals surface area contributed by atoms with Crippen LogP contribution in [-0.4, -0.2) is 46.4 Å². The van der Waals surface area contributed by atoms with Crippen LogP contribution in [-0.2, 0) is 0 Å². The van der Waals surface area contributed by atoms with Gasteiger partial charge in [-0.1, -0.05) is 6.92 Å². The molecule has 7 N–H and O–H groups in total. The summed E-state index contributed by atoms with van der Waals surface area (Å²) in [6.45, 7) is 9.52. The van der Waals surface area contributed by atoms with Gasteiger partial charge in [-0.25, -0.2) is 0 Å². The molecule has 15 heavy (non-hydrogen) atoms. The maximum Gasteiger partial charge on any atom is 0.0509 e. The molecule has 0 aliphatic rings. The Morgan fingerprint density at radius 3 is 0.867 bits per heavy atom. The third kappa shape index (κ3) is 593. The molecule has 0 spiro atoms. The second-order valence-corrected chi connectivity index (χ2v) is 2.21. The third-order valence-corrected chi connectivity index (χ3v) is 0.591. The zero-order valence-electron chi connectivity index (χ0n) is 10.9. The molecule has 0 saturated carbocycles. The van der Waals surface area contributed by atoms with Gasteiger partial charge in [-0.2, -0.15) is 0 Å². The summed E-state index contributed by atoms with van der Waals surface area (Å²) in [5.41, 5.74) is 0. The van der Waals surface area contributed by atoms with Gasteiger partial charge in [0.05, 0.1) is 6.10 Å². The Labute approximate surface area is 94.4 Å². The Morgan fingerprint density at radius 2 is 0.867 bits per heavy atom. The fraction of sp³-hybridized carbons (Fsp3) is 1.00. The summed E-state index contributed by atoms with van der Waals surface area (Å²) >= 11 is 0. The molecule has 0 aromatic heterocycles.